The molecule has 0 spiro atoms. The summed E-state index contributed by atoms with van der Waals surface area (Å²) in [7, 11) is 0. The van der Waals surface area contributed by atoms with Gasteiger partial charge in [-0.3, -0.25) is 9.97 Å². The summed E-state index contributed by atoms with van der Waals surface area (Å²) in [6.45, 7) is 2.04. The van der Waals surface area contributed by atoms with Crippen molar-refractivity contribution >= 4 is 65.4 Å². The van der Waals surface area contributed by atoms with E-state index in [4.69, 9.17) is 9.97 Å². The molecule has 13 rings (SSSR count). The number of benzene rings is 8. The van der Waals surface area contributed by atoms with Gasteiger partial charge in [-0.1, -0.05) is 133 Å². The summed E-state index contributed by atoms with van der Waals surface area (Å²) >= 11 is 0. The number of hydrogen-bond acceptors (Lipinski definition) is 2. The smallest absolute Gasteiger partial charge is 0.0730 e. The minimum atomic E-state index is 0.963. The highest BCUT2D eigenvalue weighted by atomic mass is 15.0. The Hall–Kier alpha value is -8.54. The molecule has 5 aromatic heterocycles. The highest BCUT2D eigenvalue weighted by molar-refractivity contribution is 6.14. The summed E-state index contributed by atoms with van der Waals surface area (Å²) in [6, 6.07) is 74.6. The van der Waals surface area contributed by atoms with Crippen molar-refractivity contribution in [1.82, 2.24) is 23.7 Å². The van der Waals surface area contributed by atoms with Crippen LogP contribution in [0.1, 0.15) is 5.69 Å². The molecule has 5 heterocycles. The lowest BCUT2D eigenvalue weighted by atomic mass is 9.94. The normalized spacial score (nSPS) is 11.8. The molecule has 0 atom stereocenters. The van der Waals surface area contributed by atoms with Crippen LogP contribution in [0.3, 0.4) is 0 Å². The number of aryl methyl sites for hydroxylation is 1. The van der Waals surface area contributed by atoms with Crippen molar-refractivity contribution in [2.45, 2.75) is 6.92 Å². The van der Waals surface area contributed by atoms with E-state index in [2.05, 4.69) is 214 Å². The lowest BCUT2D eigenvalue weighted by Crippen LogP contribution is -2.01. The van der Waals surface area contributed by atoms with Gasteiger partial charge < -0.3 is 13.7 Å². The molecule has 8 aromatic carbocycles. The van der Waals surface area contributed by atoms with Crippen molar-refractivity contribution in [3.8, 4) is 50.6 Å². The Morgan fingerprint density at radius 2 is 0.812 bits per heavy atom. The Kier molecular flexibility index (Phi) is 8.06. The fraction of sp³-hybridized carbons (Fsp3) is 0.0169. The van der Waals surface area contributed by atoms with E-state index < -0.39 is 0 Å². The molecule has 5 nitrogen and oxygen atoms in total. The van der Waals surface area contributed by atoms with E-state index in [1.807, 2.05) is 25.4 Å². The minimum absolute atomic E-state index is 0.963. The van der Waals surface area contributed by atoms with Gasteiger partial charge >= 0.3 is 0 Å². The zero-order valence-corrected chi connectivity index (χ0v) is 35.0. The highest BCUT2D eigenvalue weighted by Crippen LogP contribution is 2.43. The molecule has 0 fully saturated rings. The second-order valence-corrected chi connectivity index (χ2v) is 16.7. The zero-order valence-electron chi connectivity index (χ0n) is 35.0. The van der Waals surface area contributed by atoms with Crippen LogP contribution in [0.4, 0.5) is 0 Å². The van der Waals surface area contributed by atoms with Gasteiger partial charge in [0.05, 0.1) is 50.7 Å². The molecule has 0 aliphatic heterocycles. The monoisotopic (exact) mass is 817 g/mol. The molecule has 0 amide bonds. The van der Waals surface area contributed by atoms with Crippen LogP contribution in [-0.4, -0.2) is 23.7 Å². The summed E-state index contributed by atoms with van der Waals surface area (Å²) in [5, 5.41) is 7.29. The summed E-state index contributed by atoms with van der Waals surface area (Å²) in [5.74, 6) is 0. The molecule has 13 aromatic rings. The standard InChI is InChI=1S/C59H39N5/c1-38-14-13-21-51(61-38)40-26-28-41(29-27-40)59-50(39-15-3-2-4-16-39)36-60-37-58(59)64-56-32-30-42(62-52-22-9-5-17-44(52)45-18-6-10-23-53(45)62)34-48(56)49-35-43(31-33-57(49)64)63-54-24-11-7-19-46(54)47-20-8-12-25-55(47)63/h2-37H,1H3. The van der Waals surface area contributed by atoms with Gasteiger partial charge in [0.1, 0.15) is 0 Å². The number of hydrogen-bond donors (Lipinski definition) is 0. The molecule has 0 radical (unpaired) electrons. The second kappa shape index (κ2) is 14.3. The maximum absolute atomic E-state index is 5.01. The molecule has 0 saturated carbocycles. The minimum Gasteiger partial charge on any atom is -0.309 e. The van der Waals surface area contributed by atoms with Crippen LogP contribution in [0.2, 0.25) is 0 Å². The first kappa shape index (κ1) is 36.1. The van der Waals surface area contributed by atoms with E-state index in [0.717, 1.165) is 78.1 Å². The van der Waals surface area contributed by atoms with Crippen molar-refractivity contribution in [2.75, 3.05) is 0 Å². The van der Waals surface area contributed by atoms with E-state index in [1.165, 1.54) is 43.6 Å². The van der Waals surface area contributed by atoms with Crippen molar-refractivity contribution < 1.29 is 0 Å². The largest absolute Gasteiger partial charge is 0.309 e. The fourth-order valence-electron chi connectivity index (χ4n) is 10.2. The van der Waals surface area contributed by atoms with Crippen molar-refractivity contribution in [1.29, 1.82) is 0 Å². The molecular weight excluding hydrogens is 779 g/mol. The molecule has 0 aliphatic carbocycles. The number of aromatic nitrogens is 5. The predicted octanol–water partition coefficient (Wildman–Crippen LogP) is 15.1. The van der Waals surface area contributed by atoms with Crippen LogP contribution in [0.5, 0.6) is 0 Å². The van der Waals surface area contributed by atoms with Gasteiger partial charge in [-0.25, -0.2) is 0 Å². The number of rotatable bonds is 6. The van der Waals surface area contributed by atoms with Crippen LogP contribution in [0.15, 0.2) is 219 Å². The van der Waals surface area contributed by atoms with Crippen molar-refractivity contribution in [2.24, 2.45) is 0 Å². The summed E-state index contributed by atoms with van der Waals surface area (Å²) in [6.07, 6.45) is 4.05. The maximum Gasteiger partial charge on any atom is 0.0730 e. The van der Waals surface area contributed by atoms with Crippen LogP contribution >= 0.6 is 0 Å². The first-order valence-electron chi connectivity index (χ1n) is 21.8. The lowest BCUT2D eigenvalue weighted by Gasteiger charge is -2.18. The van der Waals surface area contributed by atoms with Gasteiger partial charge in [0.25, 0.3) is 0 Å². The molecule has 300 valence electrons. The third kappa shape index (κ3) is 5.51. The Balaban J connectivity index is 1.11. The molecule has 0 aliphatic rings. The number of fused-ring (bicyclic) bond motifs is 9. The highest BCUT2D eigenvalue weighted by Gasteiger charge is 2.22. The maximum atomic E-state index is 5.01. The average molecular weight is 818 g/mol. The topological polar surface area (TPSA) is 40.6 Å². The van der Waals surface area contributed by atoms with Crippen LogP contribution < -0.4 is 0 Å². The van der Waals surface area contributed by atoms with E-state index in [1.54, 1.807) is 0 Å². The molecular formula is C59H39N5. The number of nitrogens with zero attached hydrogens (tertiary/aromatic N) is 5. The third-order valence-electron chi connectivity index (χ3n) is 13.0. The van der Waals surface area contributed by atoms with Crippen LogP contribution in [-0.2, 0) is 0 Å². The van der Waals surface area contributed by atoms with E-state index in [9.17, 15) is 0 Å². The number of pyridine rings is 2. The van der Waals surface area contributed by atoms with E-state index in [0.29, 0.717) is 0 Å². The van der Waals surface area contributed by atoms with Gasteiger partial charge in [0, 0.05) is 72.3 Å². The van der Waals surface area contributed by atoms with Gasteiger partial charge in [-0.2, -0.15) is 0 Å². The first-order valence-corrected chi connectivity index (χ1v) is 21.8. The van der Waals surface area contributed by atoms with Crippen molar-refractivity contribution in [3.63, 3.8) is 0 Å². The zero-order chi connectivity index (χ0) is 42.3. The molecule has 64 heavy (non-hydrogen) atoms. The van der Waals surface area contributed by atoms with Gasteiger partial charge in [0.2, 0.25) is 0 Å². The fourth-order valence-corrected chi connectivity index (χ4v) is 10.2. The SMILES string of the molecule is Cc1cccc(-c2ccc(-c3c(-c4ccccc4)cncc3-n3c4ccc(-n5c6ccccc6c6ccccc65)cc4c4cc(-n5c6ccccc6c6ccccc65)ccc43)cc2)n1. The Labute approximate surface area is 369 Å². The van der Waals surface area contributed by atoms with Crippen LogP contribution in [0.25, 0.3) is 116 Å². The second-order valence-electron chi connectivity index (χ2n) is 16.7. The van der Waals surface area contributed by atoms with E-state index >= 15 is 0 Å². The lowest BCUT2D eigenvalue weighted by molar-refractivity contribution is 1.14. The summed E-state index contributed by atoms with van der Waals surface area (Å²) in [5.41, 5.74) is 17.6. The van der Waals surface area contributed by atoms with Crippen molar-refractivity contribution in [3.05, 3.63) is 224 Å². The third-order valence-corrected chi connectivity index (χ3v) is 13.0. The Morgan fingerprint density at radius 1 is 0.344 bits per heavy atom. The molecule has 0 bridgehead atoms. The van der Waals surface area contributed by atoms with Gasteiger partial charge in [0.15, 0.2) is 0 Å². The Morgan fingerprint density at radius 3 is 1.33 bits per heavy atom. The average Bonchev–Trinajstić information content (AvgIpc) is 3.99. The van der Waals surface area contributed by atoms with Gasteiger partial charge in [-0.05, 0) is 90.8 Å². The predicted molar refractivity (Wildman–Crippen MR) is 266 cm³/mol. The summed E-state index contributed by atoms with van der Waals surface area (Å²) in [4.78, 5) is 9.84. The molecule has 0 saturated heterocycles. The molecule has 0 N–H and O–H groups in total. The first-order chi connectivity index (χ1) is 31.7. The molecule has 0 unspecified atom stereocenters. The Bertz CT molecular complexity index is 3680. The van der Waals surface area contributed by atoms with E-state index in [-0.39, 0.29) is 0 Å². The molecule has 5 heteroatoms. The summed E-state index contributed by atoms with van der Waals surface area (Å²) < 4.78 is 7.26. The quantitative estimate of drug-likeness (QED) is 0.168. The van der Waals surface area contributed by atoms with Crippen LogP contribution in [0, 0.1) is 6.92 Å². The number of para-hydroxylation sites is 4. The van der Waals surface area contributed by atoms with Gasteiger partial charge in [-0.15, -0.1) is 0 Å².